The van der Waals surface area contributed by atoms with E-state index in [0.717, 1.165) is 55.3 Å². The fourth-order valence-electron chi connectivity index (χ4n) is 4.24. The van der Waals surface area contributed by atoms with Crippen LogP contribution in [0.5, 0.6) is 5.75 Å². The molecule has 32 heavy (non-hydrogen) atoms. The number of ether oxygens (including phenoxy) is 3. The van der Waals surface area contributed by atoms with Crippen LogP contribution in [0.25, 0.3) is 0 Å². The van der Waals surface area contributed by atoms with Crippen molar-refractivity contribution in [3.05, 3.63) is 59.7 Å². The van der Waals surface area contributed by atoms with Crippen molar-refractivity contribution >= 4 is 11.5 Å². The number of carbonyl (C=O) groups excluding carboxylic acids is 1. The number of morpholine rings is 1. The van der Waals surface area contributed by atoms with Gasteiger partial charge in [-0.3, -0.25) is 9.69 Å². The molecule has 0 N–H and O–H groups in total. The fourth-order valence-corrected chi connectivity index (χ4v) is 4.24. The molecule has 0 aromatic heterocycles. The van der Waals surface area contributed by atoms with E-state index in [0.29, 0.717) is 19.6 Å². The number of hydrogen-bond donors (Lipinski definition) is 0. The first kappa shape index (κ1) is 24.2. The van der Waals surface area contributed by atoms with Crippen LogP contribution in [0.2, 0.25) is 0 Å². The molecule has 0 aliphatic carbocycles. The summed E-state index contributed by atoms with van der Waals surface area (Å²) in [4.78, 5) is 18.1. The van der Waals surface area contributed by atoms with E-state index in [1.165, 1.54) is 0 Å². The van der Waals surface area contributed by atoms with Gasteiger partial charge >= 0.3 is 0 Å². The third-order valence-electron chi connectivity index (χ3n) is 6.35. The molecular formula is C26H36N2O4. The minimum Gasteiger partial charge on any atom is -0.491 e. The van der Waals surface area contributed by atoms with E-state index in [2.05, 4.69) is 28.9 Å². The standard InChI is InChI=1S/C26H36N2O4/c1-5-26(27(2)3,20-21-6-12-24(13-7-21)32-19-18-30-4)25(29)22-8-10-23(11-9-22)28-14-16-31-17-15-28/h6-13H,5,14-20H2,1-4H3. The van der Waals surface area contributed by atoms with Crippen molar-refractivity contribution < 1.29 is 19.0 Å². The van der Waals surface area contributed by atoms with Gasteiger partial charge in [-0.25, -0.2) is 0 Å². The van der Waals surface area contributed by atoms with Crippen molar-refractivity contribution in [3.63, 3.8) is 0 Å². The lowest BCUT2D eigenvalue weighted by atomic mass is 9.80. The van der Waals surface area contributed by atoms with E-state index in [9.17, 15) is 4.79 Å². The van der Waals surface area contributed by atoms with Crippen molar-refractivity contribution in [3.8, 4) is 5.75 Å². The van der Waals surface area contributed by atoms with Crippen LogP contribution < -0.4 is 9.64 Å². The summed E-state index contributed by atoms with van der Waals surface area (Å²) in [6.07, 6.45) is 1.36. The summed E-state index contributed by atoms with van der Waals surface area (Å²) in [6, 6.07) is 16.1. The molecule has 1 aliphatic rings. The van der Waals surface area contributed by atoms with Gasteiger partial charge in [0.25, 0.3) is 0 Å². The zero-order chi connectivity index (χ0) is 23.0. The average Bonchev–Trinajstić information content (AvgIpc) is 2.84. The van der Waals surface area contributed by atoms with Gasteiger partial charge < -0.3 is 19.1 Å². The molecule has 1 atom stereocenters. The van der Waals surface area contributed by atoms with E-state index in [-0.39, 0.29) is 5.78 Å². The summed E-state index contributed by atoms with van der Waals surface area (Å²) < 4.78 is 16.1. The molecule has 6 heteroatoms. The zero-order valence-corrected chi connectivity index (χ0v) is 19.8. The van der Waals surface area contributed by atoms with Gasteiger partial charge in [-0.05, 0) is 68.9 Å². The van der Waals surface area contributed by atoms with Gasteiger partial charge in [0.1, 0.15) is 12.4 Å². The molecule has 1 fully saturated rings. The van der Waals surface area contributed by atoms with E-state index >= 15 is 0 Å². The zero-order valence-electron chi connectivity index (χ0n) is 19.8. The van der Waals surface area contributed by atoms with Crippen molar-refractivity contribution in [2.45, 2.75) is 25.3 Å². The summed E-state index contributed by atoms with van der Waals surface area (Å²) in [6.45, 7) is 6.42. The molecule has 174 valence electrons. The normalized spacial score (nSPS) is 16.1. The Bertz CT molecular complexity index is 845. The second-order valence-corrected chi connectivity index (χ2v) is 8.42. The maximum Gasteiger partial charge on any atom is 0.183 e. The molecule has 1 aliphatic heterocycles. The van der Waals surface area contributed by atoms with Gasteiger partial charge in [-0.1, -0.05) is 19.1 Å². The maximum atomic E-state index is 13.8. The Morgan fingerprint density at radius 2 is 1.69 bits per heavy atom. The molecule has 0 radical (unpaired) electrons. The van der Waals surface area contributed by atoms with Crippen LogP contribution in [0, 0.1) is 0 Å². The first-order valence-corrected chi connectivity index (χ1v) is 11.4. The van der Waals surface area contributed by atoms with Crippen LogP contribution in [0.1, 0.15) is 29.3 Å². The SMILES string of the molecule is CCC(Cc1ccc(OCCOC)cc1)(C(=O)c1ccc(N2CCOCC2)cc1)N(C)C. The number of methoxy groups -OCH3 is 1. The molecule has 6 nitrogen and oxygen atoms in total. The molecule has 2 aromatic rings. The third kappa shape index (κ3) is 5.68. The summed E-state index contributed by atoms with van der Waals surface area (Å²) in [5.41, 5.74) is 2.38. The highest BCUT2D eigenvalue weighted by Gasteiger charge is 2.39. The Labute approximate surface area is 192 Å². The topological polar surface area (TPSA) is 51.2 Å². The quantitative estimate of drug-likeness (QED) is 0.392. The molecule has 0 bridgehead atoms. The number of carbonyl (C=O) groups is 1. The number of benzene rings is 2. The lowest BCUT2D eigenvalue weighted by molar-refractivity contribution is 0.0666. The lowest BCUT2D eigenvalue weighted by Gasteiger charge is -2.38. The highest BCUT2D eigenvalue weighted by Crippen LogP contribution is 2.29. The van der Waals surface area contributed by atoms with E-state index in [4.69, 9.17) is 14.2 Å². The van der Waals surface area contributed by atoms with Crippen LogP contribution in [0.15, 0.2) is 48.5 Å². The molecule has 3 rings (SSSR count). The van der Waals surface area contributed by atoms with Crippen LogP contribution in [-0.4, -0.2) is 76.9 Å². The number of Topliss-reactive ketones (excluding diaryl/α,β-unsaturated/α-hetero) is 1. The number of ketones is 1. The van der Waals surface area contributed by atoms with Crippen LogP contribution in [0.4, 0.5) is 5.69 Å². The summed E-state index contributed by atoms with van der Waals surface area (Å²) in [5.74, 6) is 0.960. The Hall–Kier alpha value is -2.41. The highest BCUT2D eigenvalue weighted by molar-refractivity contribution is 6.03. The van der Waals surface area contributed by atoms with E-state index in [1.54, 1.807) is 7.11 Å². The molecule has 0 spiro atoms. The summed E-state index contributed by atoms with van der Waals surface area (Å²) in [7, 11) is 5.64. The second-order valence-electron chi connectivity index (χ2n) is 8.42. The minimum absolute atomic E-state index is 0.152. The van der Waals surface area contributed by atoms with Crippen molar-refractivity contribution in [2.24, 2.45) is 0 Å². The average molecular weight is 441 g/mol. The molecule has 1 heterocycles. The molecule has 0 amide bonds. The van der Waals surface area contributed by atoms with Gasteiger partial charge in [0.15, 0.2) is 5.78 Å². The largest absolute Gasteiger partial charge is 0.491 e. The minimum atomic E-state index is -0.612. The van der Waals surface area contributed by atoms with Gasteiger partial charge in [0, 0.05) is 31.5 Å². The van der Waals surface area contributed by atoms with Crippen molar-refractivity contribution in [1.29, 1.82) is 0 Å². The molecule has 2 aromatic carbocycles. The predicted octanol–water partition coefficient (Wildman–Crippen LogP) is 3.68. The van der Waals surface area contributed by atoms with Gasteiger partial charge in [0.05, 0.1) is 25.4 Å². The molecule has 0 saturated carbocycles. The molecule has 1 unspecified atom stereocenters. The van der Waals surface area contributed by atoms with Gasteiger partial charge in [-0.15, -0.1) is 0 Å². The Morgan fingerprint density at radius 3 is 2.25 bits per heavy atom. The predicted molar refractivity (Wildman–Crippen MR) is 128 cm³/mol. The number of hydrogen-bond acceptors (Lipinski definition) is 6. The van der Waals surface area contributed by atoms with Crippen molar-refractivity contribution in [2.75, 3.05) is 65.6 Å². The number of nitrogens with zero attached hydrogens (tertiary/aromatic N) is 2. The smallest absolute Gasteiger partial charge is 0.183 e. The van der Waals surface area contributed by atoms with E-state index < -0.39 is 5.54 Å². The lowest BCUT2D eigenvalue weighted by Crippen LogP contribution is -2.52. The monoisotopic (exact) mass is 440 g/mol. The highest BCUT2D eigenvalue weighted by atomic mass is 16.5. The maximum absolute atomic E-state index is 13.8. The van der Waals surface area contributed by atoms with Crippen molar-refractivity contribution in [1.82, 2.24) is 4.90 Å². The number of anilines is 1. The molecule has 1 saturated heterocycles. The third-order valence-corrected chi connectivity index (χ3v) is 6.35. The van der Waals surface area contributed by atoms with Crippen LogP contribution >= 0.6 is 0 Å². The van der Waals surface area contributed by atoms with E-state index in [1.807, 2.05) is 50.5 Å². The first-order valence-electron chi connectivity index (χ1n) is 11.4. The Kier molecular flexibility index (Phi) is 8.67. The van der Waals surface area contributed by atoms with Crippen LogP contribution in [0.3, 0.4) is 0 Å². The fraction of sp³-hybridized carbons (Fsp3) is 0.500. The Balaban J connectivity index is 1.76. The first-order chi connectivity index (χ1) is 15.5. The Morgan fingerprint density at radius 1 is 1.03 bits per heavy atom. The molecular weight excluding hydrogens is 404 g/mol. The summed E-state index contributed by atoms with van der Waals surface area (Å²) >= 11 is 0. The van der Waals surface area contributed by atoms with Gasteiger partial charge in [-0.2, -0.15) is 0 Å². The summed E-state index contributed by atoms with van der Waals surface area (Å²) in [5, 5.41) is 0. The van der Waals surface area contributed by atoms with Crippen LogP contribution in [-0.2, 0) is 15.9 Å². The number of likely N-dealkylation sites (N-methyl/N-ethyl adjacent to an activating group) is 1. The number of rotatable bonds is 11. The second kappa shape index (κ2) is 11.5. The van der Waals surface area contributed by atoms with Gasteiger partial charge in [0.2, 0.25) is 0 Å².